The van der Waals surface area contributed by atoms with Crippen molar-refractivity contribution < 1.29 is 9.53 Å². The lowest BCUT2D eigenvalue weighted by atomic mass is 9.99. The number of thioether (sulfide) groups is 1. The van der Waals surface area contributed by atoms with Crippen molar-refractivity contribution in [2.75, 3.05) is 6.61 Å². The van der Waals surface area contributed by atoms with Crippen LogP contribution in [0, 0.1) is 11.3 Å². The number of carbonyl (C=O) groups excluding carboxylic acids is 1. The monoisotopic (exact) mass is 422 g/mol. The van der Waals surface area contributed by atoms with E-state index in [0.29, 0.717) is 22.2 Å². The Hall–Kier alpha value is -2.81. The number of nitriles is 1. The largest absolute Gasteiger partial charge is 0.465 e. The molecule has 0 radical (unpaired) electrons. The van der Waals surface area contributed by atoms with Crippen molar-refractivity contribution in [3.8, 4) is 28.5 Å². The average molecular weight is 423 g/mol. The van der Waals surface area contributed by atoms with Gasteiger partial charge >= 0.3 is 5.97 Å². The fourth-order valence-electron chi connectivity index (χ4n) is 2.80. The van der Waals surface area contributed by atoms with Crippen LogP contribution in [0.15, 0.2) is 65.7 Å². The maximum Gasteiger partial charge on any atom is 0.319 e. The summed E-state index contributed by atoms with van der Waals surface area (Å²) in [6.45, 7) is 3.83. The Morgan fingerprint density at radius 1 is 1.17 bits per heavy atom. The molecule has 0 fully saturated rings. The van der Waals surface area contributed by atoms with Gasteiger partial charge in [-0.1, -0.05) is 65.8 Å². The summed E-state index contributed by atoms with van der Waals surface area (Å²) in [6, 6.07) is 21.2. The van der Waals surface area contributed by atoms with Crippen molar-refractivity contribution in [2.45, 2.75) is 24.1 Å². The number of pyridine rings is 1. The molecule has 29 heavy (non-hydrogen) atoms. The predicted molar refractivity (Wildman–Crippen MR) is 117 cm³/mol. The van der Waals surface area contributed by atoms with Crippen LogP contribution >= 0.6 is 23.4 Å². The van der Waals surface area contributed by atoms with E-state index in [-0.39, 0.29) is 5.97 Å². The van der Waals surface area contributed by atoms with Crippen LogP contribution < -0.4 is 0 Å². The highest BCUT2D eigenvalue weighted by Gasteiger charge is 2.22. The fraction of sp³-hybridized carbons (Fsp3) is 0.174. The Labute approximate surface area is 179 Å². The van der Waals surface area contributed by atoms with Gasteiger partial charge in [-0.3, -0.25) is 4.79 Å². The Balaban J connectivity index is 2.15. The van der Waals surface area contributed by atoms with Gasteiger partial charge in [0.05, 0.1) is 17.9 Å². The van der Waals surface area contributed by atoms with E-state index >= 15 is 0 Å². The van der Waals surface area contributed by atoms with Gasteiger partial charge in [0.15, 0.2) is 0 Å². The van der Waals surface area contributed by atoms with Crippen LogP contribution in [-0.4, -0.2) is 22.8 Å². The van der Waals surface area contributed by atoms with Crippen LogP contribution in [0.5, 0.6) is 0 Å². The molecule has 0 amide bonds. The number of halogens is 1. The third kappa shape index (κ3) is 4.97. The second-order valence-corrected chi connectivity index (χ2v) is 8.00. The molecular formula is C23H19ClN2O2S. The molecule has 2 aromatic carbocycles. The summed E-state index contributed by atoms with van der Waals surface area (Å²) >= 11 is 7.26. The van der Waals surface area contributed by atoms with Crippen LogP contribution in [-0.2, 0) is 9.53 Å². The summed E-state index contributed by atoms with van der Waals surface area (Å²) in [5.41, 5.74) is 3.69. The van der Waals surface area contributed by atoms with Gasteiger partial charge in [0.2, 0.25) is 0 Å². The number of benzene rings is 2. The fourth-order valence-corrected chi connectivity index (χ4v) is 3.85. The van der Waals surface area contributed by atoms with Crippen molar-refractivity contribution in [1.82, 2.24) is 4.98 Å². The highest BCUT2D eigenvalue weighted by Crippen LogP contribution is 2.36. The van der Waals surface area contributed by atoms with E-state index in [0.717, 1.165) is 22.4 Å². The van der Waals surface area contributed by atoms with Crippen LogP contribution in [0.2, 0.25) is 5.02 Å². The lowest BCUT2D eigenvalue weighted by molar-refractivity contribution is -0.142. The molecule has 3 aromatic rings. The second-order valence-electron chi connectivity index (χ2n) is 6.23. The molecular weight excluding hydrogens is 404 g/mol. The summed E-state index contributed by atoms with van der Waals surface area (Å²) in [5, 5.41) is 10.5. The van der Waals surface area contributed by atoms with E-state index in [9.17, 15) is 10.1 Å². The summed E-state index contributed by atoms with van der Waals surface area (Å²) in [6.07, 6.45) is 0. The molecule has 1 aromatic heterocycles. The molecule has 146 valence electrons. The van der Waals surface area contributed by atoms with Gasteiger partial charge < -0.3 is 4.74 Å². The zero-order valence-corrected chi connectivity index (χ0v) is 17.6. The highest BCUT2D eigenvalue weighted by molar-refractivity contribution is 8.00. The molecule has 1 heterocycles. The number of esters is 1. The van der Waals surface area contributed by atoms with Crippen molar-refractivity contribution in [3.05, 3.63) is 71.2 Å². The number of hydrogen-bond acceptors (Lipinski definition) is 5. The molecule has 0 spiro atoms. The Morgan fingerprint density at radius 3 is 2.48 bits per heavy atom. The van der Waals surface area contributed by atoms with Gasteiger partial charge in [-0.2, -0.15) is 5.26 Å². The van der Waals surface area contributed by atoms with Crippen molar-refractivity contribution in [3.63, 3.8) is 0 Å². The Kier molecular flexibility index (Phi) is 6.92. The van der Waals surface area contributed by atoms with Crippen molar-refractivity contribution >= 4 is 29.3 Å². The van der Waals surface area contributed by atoms with E-state index < -0.39 is 5.25 Å². The third-order valence-corrected chi connectivity index (χ3v) is 5.55. The first-order valence-electron chi connectivity index (χ1n) is 9.13. The van der Waals surface area contributed by atoms with Gasteiger partial charge in [-0.25, -0.2) is 4.98 Å². The molecule has 0 saturated heterocycles. The minimum atomic E-state index is -0.487. The summed E-state index contributed by atoms with van der Waals surface area (Å²) < 4.78 is 5.11. The first kappa shape index (κ1) is 20.9. The smallest absolute Gasteiger partial charge is 0.319 e. The maximum absolute atomic E-state index is 12.1. The molecule has 1 atom stereocenters. The minimum absolute atomic E-state index is 0.308. The van der Waals surface area contributed by atoms with Gasteiger partial charge in [0.25, 0.3) is 0 Å². The molecule has 0 aliphatic carbocycles. The number of rotatable bonds is 6. The van der Waals surface area contributed by atoms with E-state index in [1.54, 1.807) is 26.0 Å². The molecule has 0 N–H and O–H groups in total. The molecule has 0 saturated carbocycles. The number of nitrogens with zero attached hydrogens (tertiary/aromatic N) is 2. The summed E-state index contributed by atoms with van der Waals surface area (Å²) in [7, 11) is 0. The lowest BCUT2D eigenvalue weighted by Crippen LogP contribution is -2.17. The summed E-state index contributed by atoms with van der Waals surface area (Å²) in [5.74, 6) is -0.332. The molecule has 0 bridgehead atoms. The zero-order valence-electron chi connectivity index (χ0n) is 16.1. The van der Waals surface area contributed by atoms with Gasteiger partial charge in [0, 0.05) is 16.1 Å². The van der Waals surface area contributed by atoms with Gasteiger partial charge in [-0.15, -0.1) is 0 Å². The van der Waals surface area contributed by atoms with Gasteiger partial charge in [-0.05, 0) is 37.6 Å². The molecule has 3 rings (SSSR count). The SMILES string of the molecule is CCOC(=O)C(C)Sc1nc(-c2ccccc2)cc(-c2ccc(Cl)cc2)c1C#N. The normalized spacial score (nSPS) is 11.5. The Morgan fingerprint density at radius 2 is 1.86 bits per heavy atom. The van der Waals surface area contributed by atoms with Crippen molar-refractivity contribution in [1.29, 1.82) is 5.26 Å². The van der Waals surface area contributed by atoms with Crippen molar-refractivity contribution in [2.24, 2.45) is 0 Å². The first-order chi connectivity index (χ1) is 14.0. The number of hydrogen-bond donors (Lipinski definition) is 0. The maximum atomic E-state index is 12.1. The topological polar surface area (TPSA) is 63.0 Å². The van der Waals surface area contributed by atoms with Crippen LogP contribution in [0.4, 0.5) is 0 Å². The van der Waals surface area contributed by atoms with E-state index in [4.69, 9.17) is 21.3 Å². The number of aromatic nitrogens is 1. The average Bonchev–Trinajstić information content (AvgIpc) is 2.74. The first-order valence-corrected chi connectivity index (χ1v) is 10.4. The second kappa shape index (κ2) is 9.60. The standard InChI is InChI=1S/C23H19ClN2O2S/c1-3-28-23(27)15(2)29-22-20(14-25)19(16-9-11-18(24)12-10-16)13-21(26-22)17-7-5-4-6-8-17/h4-13,15H,3H2,1-2H3. The lowest BCUT2D eigenvalue weighted by Gasteiger charge is -2.15. The summed E-state index contributed by atoms with van der Waals surface area (Å²) in [4.78, 5) is 16.8. The van der Waals surface area contributed by atoms with E-state index in [2.05, 4.69) is 6.07 Å². The quantitative estimate of drug-likeness (QED) is 0.361. The minimum Gasteiger partial charge on any atom is -0.465 e. The third-order valence-electron chi connectivity index (χ3n) is 4.23. The van der Waals surface area contributed by atoms with Crippen LogP contribution in [0.1, 0.15) is 19.4 Å². The number of carbonyl (C=O) groups is 1. The van der Waals surface area contributed by atoms with Crippen LogP contribution in [0.3, 0.4) is 0 Å². The highest BCUT2D eigenvalue weighted by atomic mass is 35.5. The molecule has 1 unspecified atom stereocenters. The molecule has 0 aliphatic rings. The molecule has 6 heteroatoms. The predicted octanol–water partition coefficient (Wildman–Crippen LogP) is 5.98. The molecule has 4 nitrogen and oxygen atoms in total. The van der Waals surface area contributed by atoms with Gasteiger partial charge in [0.1, 0.15) is 16.3 Å². The Bertz CT molecular complexity index is 1050. The van der Waals surface area contributed by atoms with E-state index in [1.165, 1.54) is 11.8 Å². The van der Waals surface area contributed by atoms with E-state index in [1.807, 2.05) is 48.5 Å². The number of ether oxygens (including phenoxy) is 1. The molecule has 0 aliphatic heterocycles. The van der Waals surface area contributed by atoms with Crippen LogP contribution in [0.25, 0.3) is 22.4 Å². The zero-order chi connectivity index (χ0) is 20.8.